The number of ether oxygens (including phenoxy) is 1. The maximum atomic E-state index is 13.4. The zero-order valence-corrected chi connectivity index (χ0v) is 22.9. The number of piperidine rings is 1. The van der Waals surface area contributed by atoms with Gasteiger partial charge in [-0.1, -0.05) is 30.3 Å². The fourth-order valence-corrected chi connectivity index (χ4v) is 6.29. The summed E-state index contributed by atoms with van der Waals surface area (Å²) in [4.78, 5) is 38.3. The van der Waals surface area contributed by atoms with Crippen molar-refractivity contribution in [1.82, 2.24) is 13.4 Å². The first-order valence-corrected chi connectivity index (χ1v) is 15.0. The first-order chi connectivity index (χ1) is 18.7. The number of aromatic carboxylic acids is 1. The molecular weight excluding hydrogens is 566 g/mol. The Bertz CT molecular complexity index is 1690. The molecule has 0 bridgehead atoms. The van der Waals surface area contributed by atoms with Crippen LogP contribution in [-0.4, -0.2) is 66.3 Å². The molecule has 4 rings (SSSR count). The normalized spacial score (nSPS) is 14.7. The average Bonchev–Trinajstić information content (AvgIpc) is 3.47. The van der Waals surface area contributed by atoms with Gasteiger partial charge >= 0.3 is 22.1 Å². The number of hydrogen-bond acceptors (Lipinski definition) is 8. The van der Waals surface area contributed by atoms with Crippen molar-refractivity contribution in [3.63, 3.8) is 0 Å². The molecular formula is C24H27N5O9S2. The van der Waals surface area contributed by atoms with Gasteiger partial charge in [0.25, 0.3) is 0 Å². The van der Waals surface area contributed by atoms with Crippen LogP contribution in [0.2, 0.25) is 0 Å². The SMILES string of the molecule is CC(=O)N1CCC(c2cc(OC(=O)c3c(S(N)(=O)=O)ccn3Cc3ccccc3)n(S(N)(=O)=O)c2C(=O)O)CC1. The molecule has 2 aromatic heterocycles. The van der Waals surface area contributed by atoms with Gasteiger partial charge in [0.15, 0.2) is 0 Å². The second-order valence-corrected chi connectivity index (χ2v) is 12.2. The monoisotopic (exact) mass is 593 g/mol. The van der Waals surface area contributed by atoms with E-state index in [9.17, 15) is 36.3 Å². The summed E-state index contributed by atoms with van der Waals surface area (Å²) in [5.74, 6) is -4.33. The lowest BCUT2D eigenvalue weighted by Gasteiger charge is -2.31. The number of likely N-dealkylation sites (tertiary alicyclic amines) is 1. The van der Waals surface area contributed by atoms with Gasteiger partial charge < -0.3 is 19.3 Å². The number of nitrogens with zero attached hydrogens (tertiary/aromatic N) is 3. The first kappa shape index (κ1) is 29.0. The van der Waals surface area contributed by atoms with Crippen molar-refractivity contribution in [3.05, 3.63) is 71.2 Å². The van der Waals surface area contributed by atoms with E-state index in [2.05, 4.69) is 0 Å². The van der Waals surface area contributed by atoms with Gasteiger partial charge in [0.1, 0.15) is 16.3 Å². The Balaban J connectivity index is 1.79. The molecule has 1 amide bonds. The number of nitrogens with two attached hydrogens (primary N) is 2. The van der Waals surface area contributed by atoms with E-state index in [-0.39, 0.29) is 22.0 Å². The molecule has 1 saturated heterocycles. The molecule has 0 radical (unpaired) electrons. The smallest absolute Gasteiger partial charge is 0.363 e. The van der Waals surface area contributed by atoms with Crippen molar-refractivity contribution < 1.29 is 41.1 Å². The summed E-state index contributed by atoms with van der Waals surface area (Å²) < 4.78 is 56.4. The summed E-state index contributed by atoms with van der Waals surface area (Å²) in [5, 5.41) is 20.6. The van der Waals surface area contributed by atoms with Crippen LogP contribution in [0.1, 0.15) is 57.8 Å². The number of amides is 1. The maximum absolute atomic E-state index is 13.4. The Morgan fingerprint density at radius 1 is 1.00 bits per heavy atom. The molecule has 1 aromatic carbocycles. The van der Waals surface area contributed by atoms with Crippen LogP contribution < -0.4 is 15.0 Å². The Morgan fingerprint density at radius 3 is 2.15 bits per heavy atom. The van der Waals surface area contributed by atoms with Crippen molar-refractivity contribution in [2.45, 2.75) is 37.1 Å². The van der Waals surface area contributed by atoms with Crippen LogP contribution >= 0.6 is 0 Å². The number of carbonyl (C=O) groups is 3. The Hall–Kier alpha value is -3.99. The Kier molecular flexibility index (Phi) is 7.89. The first-order valence-electron chi connectivity index (χ1n) is 11.9. The number of primary sulfonamides is 1. The molecule has 14 nitrogen and oxygen atoms in total. The van der Waals surface area contributed by atoms with Gasteiger partial charge in [0.2, 0.25) is 21.8 Å². The summed E-state index contributed by atoms with van der Waals surface area (Å²) in [6, 6.07) is 10.9. The van der Waals surface area contributed by atoms with Gasteiger partial charge in [-0.3, -0.25) is 4.79 Å². The van der Waals surface area contributed by atoms with Crippen molar-refractivity contribution in [1.29, 1.82) is 0 Å². The van der Waals surface area contributed by atoms with Crippen molar-refractivity contribution in [2.24, 2.45) is 10.3 Å². The number of hydrogen-bond donors (Lipinski definition) is 3. The highest BCUT2D eigenvalue weighted by Gasteiger charge is 2.35. The molecule has 0 aliphatic carbocycles. The fourth-order valence-electron chi connectivity index (χ4n) is 4.79. The van der Waals surface area contributed by atoms with Gasteiger partial charge in [-0.05, 0) is 36.0 Å². The van der Waals surface area contributed by atoms with Crippen molar-refractivity contribution >= 4 is 38.1 Å². The summed E-state index contributed by atoms with van der Waals surface area (Å²) in [6.07, 6.45) is 1.94. The van der Waals surface area contributed by atoms with Crippen LogP contribution in [-0.2, 0) is 31.6 Å². The average molecular weight is 594 g/mol. The van der Waals surface area contributed by atoms with Crippen LogP contribution in [0.4, 0.5) is 0 Å². The number of carboxylic acids is 1. The third-order valence-electron chi connectivity index (χ3n) is 6.61. The molecule has 0 saturated carbocycles. The van der Waals surface area contributed by atoms with E-state index < -0.39 is 60.3 Å². The number of esters is 1. The lowest BCUT2D eigenvalue weighted by atomic mass is 9.89. The van der Waals surface area contributed by atoms with Gasteiger partial charge in [-0.25, -0.2) is 28.3 Å². The zero-order chi connectivity index (χ0) is 29.4. The molecule has 214 valence electrons. The molecule has 0 unspecified atom stereocenters. The van der Waals surface area contributed by atoms with Crippen molar-refractivity contribution in [2.75, 3.05) is 13.1 Å². The molecule has 1 aliphatic rings. The molecule has 16 heteroatoms. The van der Waals surface area contributed by atoms with Gasteiger partial charge in [0, 0.05) is 38.8 Å². The molecule has 0 atom stereocenters. The molecule has 40 heavy (non-hydrogen) atoms. The predicted octanol–water partition coefficient (Wildman–Crippen LogP) is 0.680. The highest BCUT2D eigenvalue weighted by atomic mass is 32.2. The number of sulfonamides is 1. The lowest BCUT2D eigenvalue weighted by Crippen LogP contribution is -2.36. The molecule has 5 N–H and O–H groups in total. The lowest BCUT2D eigenvalue weighted by molar-refractivity contribution is -0.129. The summed E-state index contributed by atoms with van der Waals surface area (Å²) in [6.45, 7) is 2.05. The third kappa shape index (κ3) is 5.94. The maximum Gasteiger partial charge on any atom is 0.363 e. The Labute approximate surface area is 230 Å². The van der Waals surface area contributed by atoms with E-state index in [0.29, 0.717) is 31.5 Å². The van der Waals surface area contributed by atoms with Crippen LogP contribution in [0.15, 0.2) is 53.6 Å². The summed E-state index contributed by atoms with van der Waals surface area (Å²) >= 11 is 0. The van der Waals surface area contributed by atoms with Gasteiger partial charge in [0.05, 0.1) is 0 Å². The second kappa shape index (κ2) is 10.9. The van der Waals surface area contributed by atoms with E-state index in [0.717, 1.165) is 12.1 Å². The Morgan fingerprint density at radius 2 is 1.62 bits per heavy atom. The van der Waals surface area contributed by atoms with E-state index in [4.69, 9.17) is 15.0 Å². The molecule has 0 spiro atoms. The summed E-state index contributed by atoms with van der Waals surface area (Å²) in [5.41, 5.74) is -0.480. The van der Waals surface area contributed by atoms with Crippen LogP contribution in [0, 0.1) is 0 Å². The number of benzene rings is 1. The highest BCUT2D eigenvalue weighted by Crippen LogP contribution is 2.36. The van der Waals surface area contributed by atoms with E-state index in [1.807, 2.05) is 0 Å². The molecule has 3 heterocycles. The minimum Gasteiger partial charge on any atom is -0.477 e. The van der Waals surface area contributed by atoms with Gasteiger partial charge in [-0.2, -0.15) is 12.4 Å². The number of carbonyl (C=O) groups excluding carboxylic acids is 2. The molecule has 1 aliphatic heterocycles. The predicted molar refractivity (Wildman–Crippen MR) is 140 cm³/mol. The van der Waals surface area contributed by atoms with E-state index in [1.54, 1.807) is 35.2 Å². The standard InChI is InChI=1S/C24H27N5O9S2/c1-15(30)27-10-7-17(8-11-27)18-13-20(29(40(26,36)37)21(18)23(31)32)38-24(33)22-19(39(25,34)35)9-12-28(22)14-16-5-3-2-4-6-16/h2-6,9,12-13,17H,7-8,10-11,14H2,1H3,(H,31,32)(H2,25,34,35)(H2,26,36,37). The minimum atomic E-state index is -4.82. The van der Waals surface area contributed by atoms with E-state index in [1.165, 1.54) is 17.7 Å². The number of carboxylic acid groups (broad SMARTS) is 1. The molecule has 1 fully saturated rings. The second-order valence-electron chi connectivity index (χ2n) is 9.26. The topological polar surface area (TPSA) is 214 Å². The molecule has 3 aromatic rings. The largest absolute Gasteiger partial charge is 0.477 e. The zero-order valence-electron chi connectivity index (χ0n) is 21.3. The van der Waals surface area contributed by atoms with Crippen LogP contribution in [0.25, 0.3) is 0 Å². The number of aromatic nitrogens is 2. The van der Waals surface area contributed by atoms with E-state index >= 15 is 0 Å². The highest BCUT2D eigenvalue weighted by molar-refractivity contribution is 7.89. The minimum absolute atomic E-state index is 0.0390. The quantitative estimate of drug-likeness (QED) is 0.313. The van der Waals surface area contributed by atoms with Gasteiger partial charge in [-0.15, -0.1) is 0 Å². The third-order valence-corrected chi connectivity index (χ3v) is 8.43. The number of rotatable bonds is 8. The summed E-state index contributed by atoms with van der Waals surface area (Å²) in [7, 11) is -9.24. The fraction of sp³-hybridized carbons (Fsp3) is 0.292. The van der Waals surface area contributed by atoms with Crippen LogP contribution in [0.3, 0.4) is 0 Å². The van der Waals surface area contributed by atoms with Crippen molar-refractivity contribution in [3.8, 4) is 5.88 Å². The van der Waals surface area contributed by atoms with Crippen LogP contribution in [0.5, 0.6) is 5.88 Å².